The van der Waals surface area contributed by atoms with Gasteiger partial charge in [-0.05, 0) is 70.5 Å². The Hall–Kier alpha value is -4.82. The SMILES string of the molecule is Cc1ccc2c3c1-c1cccc[n+]1C31c3c(ccc(C)c3-c3cccc[n+]31)C21c2ccccc2-c2ccccc21. The minimum atomic E-state index is -0.474. The quantitative estimate of drug-likeness (QED) is 0.198. The summed E-state index contributed by atoms with van der Waals surface area (Å²) in [5.41, 5.74) is 18.3. The molecule has 40 heavy (non-hydrogen) atoms. The van der Waals surface area contributed by atoms with Crippen LogP contribution in [-0.2, 0) is 11.1 Å². The second-order valence-corrected chi connectivity index (χ2v) is 11.8. The molecule has 0 fully saturated rings. The standard InChI is InChI=1S/C38H26N2/c1-23-17-19-29-35-33(23)31-15-7-9-21-39(31)38(35)36-30(20-18-24(2)34(36)32-16-8-10-22-40(32)38)37(29)27-13-5-3-11-25(27)26-12-4-6-14-28(26)37/h3-22H,1-2H3/q+2. The van der Waals surface area contributed by atoms with Crippen molar-refractivity contribution in [2.75, 3.05) is 0 Å². The highest BCUT2D eigenvalue weighted by atomic mass is 15.3. The predicted octanol–water partition coefficient (Wildman–Crippen LogP) is 6.81. The van der Waals surface area contributed by atoms with E-state index >= 15 is 0 Å². The number of nitrogens with zero attached hydrogens (tertiary/aromatic N) is 2. The Morgan fingerprint density at radius 1 is 0.450 bits per heavy atom. The molecule has 2 nitrogen and oxygen atoms in total. The summed E-state index contributed by atoms with van der Waals surface area (Å²) in [6.07, 6.45) is 4.61. The Labute approximate surface area is 233 Å². The van der Waals surface area contributed by atoms with E-state index in [9.17, 15) is 0 Å². The first kappa shape index (κ1) is 21.1. The maximum Gasteiger partial charge on any atom is 0.418 e. The van der Waals surface area contributed by atoms with Crippen molar-refractivity contribution < 1.29 is 9.13 Å². The molecule has 2 aliphatic heterocycles. The van der Waals surface area contributed by atoms with Crippen molar-refractivity contribution in [3.63, 3.8) is 0 Å². The average Bonchev–Trinajstić information content (AvgIpc) is 3.60. The molecule has 4 heterocycles. The van der Waals surface area contributed by atoms with Crippen LogP contribution in [-0.4, -0.2) is 0 Å². The lowest BCUT2D eigenvalue weighted by Crippen LogP contribution is -2.73. The average molecular weight is 511 g/mol. The molecule has 0 unspecified atom stereocenters. The van der Waals surface area contributed by atoms with Gasteiger partial charge in [0.05, 0.1) is 16.5 Å². The van der Waals surface area contributed by atoms with E-state index in [0.29, 0.717) is 0 Å². The molecule has 0 bridgehead atoms. The van der Waals surface area contributed by atoms with E-state index < -0.39 is 11.1 Å². The summed E-state index contributed by atoms with van der Waals surface area (Å²) < 4.78 is 5.12. The van der Waals surface area contributed by atoms with Crippen LogP contribution in [0.5, 0.6) is 0 Å². The van der Waals surface area contributed by atoms with E-state index in [1.807, 2.05) is 0 Å². The fourth-order valence-electron chi connectivity index (χ4n) is 8.96. The molecule has 2 spiro atoms. The van der Waals surface area contributed by atoms with E-state index in [4.69, 9.17) is 0 Å². The minimum Gasteiger partial charge on any atom is -0.125 e. The number of fused-ring (bicyclic) bond motifs is 11. The highest BCUT2D eigenvalue weighted by Gasteiger charge is 2.74. The van der Waals surface area contributed by atoms with E-state index in [2.05, 4.69) is 145 Å². The van der Waals surface area contributed by atoms with Crippen molar-refractivity contribution in [3.05, 3.63) is 166 Å². The second kappa shape index (κ2) is 6.66. The van der Waals surface area contributed by atoms with E-state index in [1.165, 1.54) is 78.1 Å². The monoisotopic (exact) mass is 510 g/mol. The largest absolute Gasteiger partial charge is 0.418 e. The lowest BCUT2D eigenvalue weighted by molar-refractivity contribution is -0.955. The van der Waals surface area contributed by atoms with Gasteiger partial charge in [0.2, 0.25) is 11.4 Å². The Morgan fingerprint density at radius 3 is 1.40 bits per heavy atom. The third-order valence-corrected chi connectivity index (χ3v) is 10.2. The summed E-state index contributed by atoms with van der Waals surface area (Å²) in [6.45, 7) is 4.57. The summed E-state index contributed by atoms with van der Waals surface area (Å²) in [4.78, 5) is 0. The molecule has 4 aliphatic rings. The molecule has 0 atom stereocenters. The van der Waals surface area contributed by atoms with Gasteiger partial charge in [-0.15, -0.1) is 9.13 Å². The van der Waals surface area contributed by atoms with E-state index in [-0.39, 0.29) is 0 Å². The molecule has 0 saturated carbocycles. The van der Waals surface area contributed by atoms with Crippen LogP contribution in [0.4, 0.5) is 0 Å². The lowest BCUT2D eigenvalue weighted by atomic mass is 9.58. The summed E-state index contributed by atoms with van der Waals surface area (Å²) >= 11 is 0. The van der Waals surface area contributed by atoms with Gasteiger partial charge >= 0.3 is 5.66 Å². The van der Waals surface area contributed by atoms with Gasteiger partial charge in [0.1, 0.15) is 11.1 Å². The first-order chi connectivity index (χ1) is 19.7. The summed E-state index contributed by atoms with van der Waals surface area (Å²) in [5, 5.41) is 0. The molecule has 0 amide bonds. The van der Waals surface area contributed by atoms with Gasteiger partial charge in [-0.25, -0.2) is 0 Å². The molecular formula is C38H26N2+2. The van der Waals surface area contributed by atoms with Gasteiger partial charge in [0.15, 0.2) is 12.4 Å². The Bertz CT molecular complexity index is 2000. The van der Waals surface area contributed by atoms with Gasteiger partial charge in [0.25, 0.3) is 0 Å². The van der Waals surface area contributed by atoms with Crippen LogP contribution in [0.2, 0.25) is 0 Å². The fourth-order valence-corrected chi connectivity index (χ4v) is 8.96. The van der Waals surface area contributed by atoms with Crippen LogP contribution < -0.4 is 9.13 Å². The van der Waals surface area contributed by atoms with Gasteiger partial charge in [-0.2, -0.15) is 0 Å². The van der Waals surface area contributed by atoms with Crippen molar-refractivity contribution in [2.24, 2.45) is 0 Å². The zero-order valence-corrected chi connectivity index (χ0v) is 22.4. The second-order valence-electron chi connectivity index (χ2n) is 11.8. The topological polar surface area (TPSA) is 7.76 Å². The van der Waals surface area contributed by atoms with Crippen LogP contribution in [0, 0.1) is 13.8 Å². The number of aromatic nitrogens is 2. The van der Waals surface area contributed by atoms with Crippen molar-refractivity contribution in [2.45, 2.75) is 24.9 Å². The number of pyridine rings is 2. The number of hydrogen-bond donors (Lipinski definition) is 0. The first-order valence-electron chi connectivity index (χ1n) is 14.2. The third kappa shape index (κ3) is 1.94. The van der Waals surface area contributed by atoms with Crippen LogP contribution >= 0.6 is 0 Å². The Morgan fingerprint density at radius 2 is 0.900 bits per heavy atom. The minimum absolute atomic E-state index is 0.391. The lowest BCUT2D eigenvalue weighted by Gasteiger charge is -2.41. The number of aryl methyl sites for hydroxylation is 2. The van der Waals surface area contributed by atoms with Gasteiger partial charge in [0, 0.05) is 24.3 Å². The third-order valence-electron chi connectivity index (χ3n) is 10.2. The molecule has 2 aromatic heterocycles. The smallest absolute Gasteiger partial charge is 0.125 e. The number of hydrogen-bond acceptors (Lipinski definition) is 0. The van der Waals surface area contributed by atoms with Crippen LogP contribution in [0.3, 0.4) is 0 Å². The van der Waals surface area contributed by atoms with Crippen molar-refractivity contribution in [1.29, 1.82) is 0 Å². The zero-order chi connectivity index (χ0) is 26.4. The van der Waals surface area contributed by atoms with Crippen molar-refractivity contribution >= 4 is 0 Å². The van der Waals surface area contributed by atoms with Gasteiger partial charge < -0.3 is 0 Å². The van der Waals surface area contributed by atoms with Crippen LogP contribution in [0.1, 0.15) is 44.5 Å². The summed E-state index contributed by atoms with van der Waals surface area (Å²) in [5.74, 6) is 0. The van der Waals surface area contributed by atoms with Gasteiger partial charge in [-0.3, -0.25) is 0 Å². The van der Waals surface area contributed by atoms with Crippen molar-refractivity contribution in [3.8, 4) is 33.6 Å². The molecule has 2 heteroatoms. The van der Waals surface area contributed by atoms with Crippen LogP contribution in [0.15, 0.2) is 122 Å². The number of benzene rings is 4. The fraction of sp³-hybridized carbons (Fsp3) is 0.105. The maximum atomic E-state index is 2.56. The van der Waals surface area contributed by atoms with Crippen LogP contribution in [0.25, 0.3) is 33.6 Å². The molecule has 4 aromatic carbocycles. The zero-order valence-electron chi connectivity index (χ0n) is 22.4. The Kier molecular flexibility index (Phi) is 3.50. The summed E-state index contributed by atoms with van der Waals surface area (Å²) in [6, 6.07) is 41.3. The molecule has 0 radical (unpaired) electrons. The molecular weight excluding hydrogens is 484 g/mol. The summed E-state index contributed by atoms with van der Waals surface area (Å²) in [7, 11) is 0. The maximum absolute atomic E-state index is 2.56. The van der Waals surface area contributed by atoms with E-state index in [0.717, 1.165) is 0 Å². The highest BCUT2D eigenvalue weighted by Crippen LogP contribution is 2.65. The predicted molar refractivity (Wildman–Crippen MR) is 156 cm³/mol. The molecule has 10 rings (SSSR count). The van der Waals surface area contributed by atoms with E-state index in [1.54, 1.807) is 0 Å². The van der Waals surface area contributed by atoms with Crippen molar-refractivity contribution in [1.82, 2.24) is 0 Å². The Balaban J connectivity index is 1.54. The normalized spacial score (nSPS) is 16.1. The molecule has 2 aliphatic carbocycles. The molecule has 0 N–H and O–H groups in total. The van der Waals surface area contributed by atoms with Gasteiger partial charge in [-0.1, -0.05) is 72.8 Å². The molecule has 6 aromatic rings. The first-order valence-corrected chi connectivity index (χ1v) is 14.2. The highest BCUT2D eigenvalue weighted by molar-refractivity contribution is 5.92. The molecule has 186 valence electrons. The molecule has 0 saturated heterocycles. The number of rotatable bonds is 0.